The normalized spacial score (nSPS) is 13.9. The molecular formula is C20H24N4O6S. The lowest BCUT2D eigenvalue weighted by molar-refractivity contribution is -0.122. The van der Waals surface area contributed by atoms with Crippen LogP contribution >= 0.6 is 0 Å². The first-order chi connectivity index (χ1) is 15.0. The van der Waals surface area contributed by atoms with Crippen molar-refractivity contribution in [3.8, 4) is 11.5 Å². The number of hydrogen-bond acceptors (Lipinski definition) is 8. The number of ether oxygens (including phenoxy) is 2. The Bertz CT molecular complexity index is 1160. The van der Waals surface area contributed by atoms with Gasteiger partial charge in [0.2, 0.25) is 0 Å². The van der Waals surface area contributed by atoms with Gasteiger partial charge in [-0.2, -0.15) is 0 Å². The molecule has 166 valence electrons. The Kier molecular flexibility index (Phi) is 6.98. The molecule has 0 aliphatic carbocycles. The number of carbonyl (C=O) groups is 1. The lowest BCUT2D eigenvalue weighted by atomic mass is 10.3. The van der Waals surface area contributed by atoms with E-state index in [4.69, 9.17) is 19.4 Å². The van der Waals surface area contributed by atoms with Crippen LogP contribution in [-0.2, 0) is 14.8 Å². The van der Waals surface area contributed by atoms with Gasteiger partial charge in [0.1, 0.15) is 10.4 Å². The minimum absolute atomic E-state index is 0.0435. The van der Waals surface area contributed by atoms with Gasteiger partial charge in [0.15, 0.2) is 11.5 Å². The second-order valence-electron chi connectivity index (χ2n) is 6.52. The van der Waals surface area contributed by atoms with E-state index in [0.717, 1.165) is 31.9 Å². The van der Waals surface area contributed by atoms with Gasteiger partial charge in [-0.25, -0.2) is 12.4 Å². The number of piperazine rings is 1. The standard InChI is InChI=1S/C19H22N4O4S.CH2O2/c1-26-16-6-3-7-17(19(16)27-2)28(24,25)23-13-15(22-11-9-20-10-12-22)18-14(23)5-4-8-21-18;2-1-3/h3-8,13,20H,9-12H2,1-2H3;1H,(H,2,3). The minimum atomic E-state index is -3.93. The summed E-state index contributed by atoms with van der Waals surface area (Å²) in [5, 5.41) is 10.2. The van der Waals surface area contributed by atoms with Crippen molar-refractivity contribution in [2.45, 2.75) is 4.90 Å². The summed E-state index contributed by atoms with van der Waals surface area (Å²) in [6, 6.07) is 8.31. The first-order valence-corrected chi connectivity index (χ1v) is 10.9. The Hall–Kier alpha value is -3.31. The highest BCUT2D eigenvalue weighted by Gasteiger charge is 2.28. The summed E-state index contributed by atoms with van der Waals surface area (Å²) >= 11 is 0. The average Bonchev–Trinajstić information content (AvgIpc) is 3.20. The maximum atomic E-state index is 13.6. The Labute approximate surface area is 180 Å². The number of fused-ring (bicyclic) bond motifs is 1. The van der Waals surface area contributed by atoms with E-state index in [1.165, 1.54) is 24.3 Å². The van der Waals surface area contributed by atoms with Gasteiger partial charge in [-0.1, -0.05) is 6.07 Å². The number of anilines is 1. The van der Waals surface area contributed by atoms with Gasteiger partial charge in [-0.15, -0.1) is 0 Å². The first-order valence-electron chi connectivity index (χ1n) is 9.45. The summed E-state index contributed by atoms with van der Waals surface area (Å²) in [5.74, 6) is 0.542. The van der Waals surface area contributed by atoms with Gasteiger partial charge in [0.05, 0.1) is 25.4 Å². The molecule has 11 heteroatoms. The smallest absolute Gasteiger partial charge is 0.290 e. The van der Waals surface area contributed by atoms with Crippen molar-refractivity contribution in [1.82, 2.24) is 14.3 Å². The fourth-order valence-electron chi connectivity index (χ4n) is 3.52. The van der Waals surface area contributed by atoms with Gasteiger partial charge in [-0.3, -0.25) is 9.78 Å². The van der Waals surface area contributed by atoms with E-state index in [1.54, 1.807) is 36.7 Å². The van der Waals surface area contributed by atoms with Crippen LogP contribution in [0.4, 0.5) is 5.69 Å². The molecule has 0 bridgehead atoms. The Balaban J connectivity index is 0.000000858. The average molecular weight is 449 g/mol. The second-order valence-corrected chi connectivity index (χ2v) is 8.30. The van der Waals surface area contributed by atoms with Crippen molar-refractivity contribution >= 4 is 33.2 Å². The molecule has 4 rings (SSSR count). The molecule has 3 aromatic rings. The Morgan fingerprint density at radius 3 is 2.48 bits per heavy atom. The van der Waals surface area contributed by atoms with Crippen LogP contribution < -0.4 is 19.7 Å². The zero-order valence-electron chi connectivity index (χ0n) is 17.2. The zero-order chi connectivity index (χ0) is 22.4. The van der Waals surface area contributed by atoms with Crippen LogP contribution in [0.15, 0.2) is 47.6 Å². The van der Waals surface area contributed by atoms with Crippen LogP contribution in [0.3, 0.4) is 0 Å². The van der Waals surface area contributed by atoms with Crippen LogP contribution in [-0.4, -0.2) is 69.4 Å². The van der Waals surface area contributed by atoms with Gasteiger partial charge >= 0.3 is 0 Å². The molecule has 2 N–H and O–H groups in total. The Morgan fingerprint density at radius 1 is 1.13 bits per heavy atom. The summed E-state index contributed by atoms with van der Waals surface area (Å²) in [5.41, 5.74) is 2.00. The van der Waals surface area contributed by atoms with Crippen LogP contribution in [0.25, 0.3) is 11.0 Å². The number of methoxy groups -OCH3 is 2. The number of hydrogen-bond donors (Lipinski definition) is 2. The lowest BCUT2D eigenvalue weighted by Crippen LogP contribution is -2.43. The SMILES string of the molecule is COc1cccc(S(=O)(=O)n2cc(N3CCNCC3)c3ncccc32)c1OC.O=CO. The molecule has 1 aliphatic heterocycles. The third-order valence-electron chi connectivity index (χ3n) is 4.87. The molecule has 0 amide bonds. The molecule has 3 heterocycles. The van der Waals surface area contributed by atoms with Crippen LogP contribution in [0.2, 0.25) is 0 Å². The molecule has 0 unspecified atom stereocenters. The molecule has 1 fully saturated rings. The first kappa shape index (κ1) is 22.4. The lowest BCUT2D eigenvalue weighted by Gasteiger charge is -2.28. The highest BCUT2D eigenvalue weighted by Crippen LogP contribution is 2.37. The maximum absolute atomic E-state index is 13.6. The highest BCUT2D eigenvalue weighted by atomic mass is 32.2. The fourth-order valence-corrected chi connectivity index (χ4v) is 5.04. The fraction of sp³-hybridized carbons (Fsp3) is 0.300. The van der Waals surface area contributed by atoms with E-state index >= 15 is 0 Å². The van der Waals surface area contributed by atoms with Crippen LogP contribution in [0.5, 0.6) is 11.5 Å². The Morgan fingerprint density at radius 2 is 1.84 bits per heavy atom. The van der Waals surface area contributed by atoms with E-state index < -0.39 is 10.0 Å². The number of nitrogens with one attached hydrogen (secondary N) is 1. The van der Waals surface area contributed by atoms with E-state index in [-0.39, 0.29) is 17.1 Å². The quantitative estimate of drug-likeness (QED) is 0.558. The third kappa shape index (κ3) is 4.28. The number of nitrogens with zero attached hydrogens (tertiary/aromatic N) is 3. The van der Waals surface area contributed by atoms with Crippen molar-refractivity contribution < 1.29 is 27.8 Å². The number of aromatic nitrogens is 2. The number of para-hydroxylation sites is 1. The topological polar surface area (TPSA) is 123 Å². The predicted octanol–water partition coefficient (Wildman–Crippen LogP) is 1.40. The molecule has 1 saturated heterocycles. The van der Waals surface area contributed by atoms with Crippen LogP contribution in [0, 0.1) is 0 Å². The van der Waals surface area contributed by atoms with Crippen molar-refractivity contribution in [3.05, 3.63) is 42.7 Å². The zero-order valence-corrected chi connectivity index (χ0v) is 18.0. The van der Waals surface area contributed by atoms with E-state index in [0.29, 0.717) is 16.8 Å². The van der Waals surface area contributed by atoms with Crippen molar-refractivity contribution in [3.63, 3.8) is 0 Å². The number of rotatable bonds is 5. The third-order valence-corrected chi connectivity index (χ3v) is 6.56. The van der Waals surface area contributed by atoms with Crippen molar-refractivity contribution in [2.24, 2.45) is 0 Å². The van der Waals surface area contributed by atoms with Gasteiger partial charge in [-0.05, 0) is 24.3 Å². The molecule has 1 aromatic carbocycles. The summed E-state index contributed by atoms with van der Waals surface area (Å²) in [6.07, 6.45) is 3.33. The molecule has 0 radical (unpaired) electrons. The summed E-state index contributed by atoms with van der Waals surface area (Å²) in [4.78, 5) is 15.0. The molecule has 10 nitrogen and oxygen atoms in total. The summed E-state index contributed by atoms with van der Waals surface area (Å²) in [6.45, 7) is 3.02. The van der Waals surface area contributed by atoms with Crippen molar-refractivity contribution in [2.75, 3.05) is 45.3 Å². The van der Waals surface area contributed by atoms with Crippen LogP contribution in [0.1, 0.15) is 0 Å². The molecule has 0 saturated carbocycles. The number of benzene rings is 1. The molecule has 1 aliphatic rings. The van der Waals surface area contributed by atoms with E-state index in [2.05, 4.69) is 15.2 Å². The second kappa shape index (κ2) is 9.67. The van der Waals surface area contributed by atoms with E-state index in [1.807, 2.05) is 0 Å². The monoisotopic (exact) mass is 448 g/mol. The number of pyridine rings is 1. The highest BCUT2D eigenvalue weighted by molar-refractivity contribution is 7.90. The summed E-state index contributed by atoms with van der Waals surface area (Å²) < 4.78 is 39.0. The van der Waals surface area contributed by atoms with Gasteiger partial charge in [0, 0.05) is 38.6 Å². The van der Waals surface area contributed by atoms with Gasteiger partial charge < -0.3 is 24.8 Å². The molecular weight excluding hydrogens is 424 g/mol. The number of carboxylic acid groups (broad SMARTS) is 1. The van der Waals surface area contributed by atoms with E-state index in [9.17, 15) is 8.42 Å². The molecule has 31 heavy (non-hydrogen) atoms. The predicted molar refractivity (Wildman–Crippen MR) is 116 cm³/mol. The summed E-state index contributed by atoms with van der Waals surface area (Å²) in [7, 11) is -1.02. The van der Waals surface area contributed by atoms with Gasteiger partial charge in [0.25, 0.3) is 16.5 Å². The molecule has 2 aromatic heterocycles. The minimum Gasteiger partial charge on any atom is -0.493 e. The molecule has 0 atom stereocenters. The largest absolute Gasteiger partial charge is 0.493 e. The molecule has 0 spiro atoms. The van der Waals surface area contributed by atoms with Crippen molar-refractivity contribution in [1.29, 1.82) is 0 Å². The maximum Gasteiger partial charge on any atom is 0.290 e.